The van der Waals surface area contributed by atoms with Gasteiger partial charge in [0.05, 0.1) is 29.8 Å². The number of halogens is 2. The molecule has 0 unspecified atom stereocenters. The summed E-state index contributed by atoms with van der Waals surface area (Å²) in [6.45, 7) is 11.7. The Morgan fingerprint density at radius 2 is 2.15 bits per heavy atom. The first-order chi connectivity index (χ1) is 12.4. The van der Waals surface area contributed by atoms with Crippen LogP contribution < -0.4 is 4.90 Å². The van der Waals surface area contributed by atoms with Gasteiger partial charge < -0.3 is 14.7 Å². The van der Waals surface area contributed by atoms with Gasteiger partial charge in [0.15, 0.2) is 0 Å². The van der Waals surface area contributed by atoms with Crippen molar-refractivity contribution in [2.24, 2.45) is 0 Å². The average Bonchev–Trinajstić information content (AvgIpc) is 2.99. The predicted molar refractivity (Wildman–Crippen MR) is 99.5 cm³/mol. The molecule has 1 saturated heterocycles. The van der Waals surface area contributed by atoms with E-state index in [1.54, 1.807) is 6.92 Å². The van der Waals surface area contributed by atoms with Crippen LogP contribution in [0.3, 0.4) is 0 Å². The Morgan fingerprint density at radius 1 is 1.46 bits per heavy atom. The molecule has 1 aromatic carbocycles. The monoisotopic (exact) mass is 394 g/mol. The van der Waals surface area contributed by atoms with Gasteiger partial charge in [-0.3, -0.25) is 0 Å². The van der Waals surface area contributed by atoms with Gasteiger partial charge in [-0.25, -0.2) is 14.0 Å². The van der Waals surface area contributed by atoms with Gasteiger partial charge in [0.1, 0.15) is 10.7 Å². The van der Waals surface area contributed by atoms with Gasteiger partial charge in [0.25, 0.3) is 0 Å². The third-order valence-corrected chi connectivity index (χ3v) is 5.87. The van der Waals surface area contributed by atoms with Crippen molar-refractivity contribution in [3.8, 4) is 0 Å². The van der Waals surface area contributed by atoms with E-state index in [4.69, 9.17) is 22.9 Å². The Hall–Kier alpha value is -2.14. The van der Waals surface area contributed by atoms with Crippen molar-refractivity contribution in [1.82, 2.24) is 0 Å². The second-order valence-electron chi connectivity index (χ2n) is 5.95. The molecule has 3 rings (SSSR count). The summed E-state index contributed by atoms with van der Waals surface area (Å²) >= 11 is 6.90. The summed E-state index contributed by atoms with van der Waals surface area (Å²) in [5, 5.41) is 10.3. The Labute approximate surface area is 159 Å². The Bertz CT molecular complexity index is 901. The van der Waals surface area contributed by atoms with Crippen LogP contribution in [-0.4, -0.2) is 37.4 Å². The molecule has 0 amide bonds. The molecule has 26 heavy (non-hydrogen) atoms. The molecule has 1 fully saturated rings. The molecule has 1 aliphatic rings. The summed E-state index contributed by atoms with van der Waals surface area (Å²) in [5.74, 6) is -1.64. The second kappa shape index (κ2) is 7.62. The number of benzene rings is 1. The molecule has 0 spiro atoms. The molecule has 136 valence electrons. The van der Waals surface area contributed by atoms with E-state index in [2.05, 4.69) is 4.85 Å². The maximum Gasteiger partial charge on any atom is 0.344 e. The van der Waals surface area contributed by atoms with E-state index in [1.807, 2.05) is 4.90 Å². The normalized spacial score (nSPS) is 14.3. The molecule has 1 aromatic heterocycles. The molecule has 0 saturated carbocycles. The molecule has 2 aromatic rings. The van der Waals surface area contributed by atoms with Crippen LogP contribution in [0.25, 0.3) is 4.85 Å². The van der Waals surface area contributed by atoms with Gasteiger partial charge in [-0.2, -0.15) is 0 Å². The van der Waals surface area contributed by atoms with E-state index in [0.717, 1.165) is 16.9 Å². The van der Waals surface area contributed by atoms with E-state index in [1.165, 1.54) is 12.1 Å². The topological polar surface area (TPSA) is 54.1 Å². The summed E-state index contributed by atoms with van der Waals surface area (Å²) in [5.41, 5.74) is 2.11. The van der Waals surface area contributed by atoms with Crippen molar-refractivity contribution in [3.63, 3.8) is 0 Å². The minimum absolute atomic E-state index is 0.0226. The van der Waals surface area contributed by atoms with E-state index in [-0.39, 0.29) is 16.3 Å². The number of hydrogen-bond donors (Lipinski definition) is 1. The molecule has 1 N–H and O–H groups in total. The number of morpholine rings is 1. The fourth-order valence-electron chi connectivity index (χ4n) is 2.94. The molecule has 5 nitrogen and oxygen atoms in total. The van der Waals surface area contributed by atoms with Crippen molar-refractivity contribution in [3.05, 3.63) is 56.0 Å². The lowest BCUT2D eigenvalue weighted by Gasteiger charge is -2.28. The lowest BCUT2D eigenvalue weighted by Crippen LogP contribution is -2.35. The van der Waals surface area contributed by atoms with Gasteiger partial charge in [0, 0.05) is 13.1 Å². The van der Waals surface area contributed by atoms with Crippen molar-refractivity contribution in [2.75, 3.05) is 31.2 Å². The zero-order valence-corrected chi connectivity index (χ0v) is 15.6. The van der Waals surface area contributed by atoms with Crippen LogP contribution in [0.15, 0.2) is 12.1 Å². The van der Waals surface area contributed by atoms with Crippen LogP contribution in [0, 0.1) is 19.3 Å². The molecule has 0 bridgehead atoms. The number of aromatic carboxylic acids is 1. The van der Waals surface area contributed by atoms with Gasteiger partial charge in [-0.15, -0.1) is 11.3 Å². The molecule has 8 heteroatoms. The van der Waals surface area contributed by atoms with Crippen molar-refractivity contribution in [1.29, 1.82) is 0 Å². The third-order valence-electron chi connectivity index (χ3n) is 4.31. The lowest BCUT2D eigenvalue weighted by molar-refractivity contribution is 0.0701. The summed E-state index contributed by atoms with van der Waals surface area (Å²) in [6.07, 6.45) is 0.167. The minimum Gasteiger partial charge on any atom is -0.477 e. The van der Waals surface area contributed by atoms with Crippen molar-refractivity contribution < 1.29 is 19.0 Å². The number of carboxylic acid groups (broad SMARTS) is 1. The van der Waals surface area contributed by atoms with Gasteiger partial charge >= 0.3 is 5.97 Å². The summed E-state index contributed by atoms with van der Waals surface area (Å²) in [4.78, 5) is 17.5. The number of aryl methyl sites for hydroxylation is 1. The highest BCUT2D eigenvalue weighted by Crippen LogP contribution is 2.44. The van der Waals surface area contributed by atoms with E-state index in [0.29, 0.717) is 48.1 Å². The zero-order chi connectivity index (χ0) is 18.8. The fourth-order valence-corrected chi connectivity index (χ4v) is 4.31. The molecular formula is C18H16ClFN2O3S. The quantitative estimate of drug-likeness (QED) is 0.774. The summed E-state index contributed by atoms with van der Waals surface area (Å²) in [7, 11) is 0. The number of carboxylic acids is 1. The van der Waals surface area contributed by atoms with Crippen LogP contribution in [0.5, 0.6) is 0 Å². The minimum atomic E-state index is -1.08. The maximum atomic E-state index is 13.9. The number of nitrogens with zero attached hydrogens (tertiary/aromatic N) is 2. The molecule has 2 heterocycles. The number of anilines is 1. The fraction of sp³-hybridized carbons (Fsp3) is 0.333. The predicted octanol–water partition coefficient (Wildman–Crippen LogP) is 4.53. The van der Waals surface area contributed by atoms with Gasteiger partial charge in [-0.05, 0) is 42.2 Å². The number of carbonyl (C=O) groups is 1. The third kappa shape index (κ3) is 3.54. The van der Waals surface area contributed by atoms with E-state index >= 15 is 0 Å². The lowest BCUT2D eigenvalue weighted by atomic mass is 9.99. The first-order valence-electron chi connectivity index (χ1n) is 7.96. The van der Waals surface area contributed by atoms with Crippen molar-refractivity contribution >= 4 is 39.6 Å². The molecule has 0 radical (unpaired) electrons. The first kappa shape index (κ1) is 18.6. The van der Waals surface area contributed by atoms with Crippen LogP contribution in [0.2, 0.25) is 5.02 Å². The van der Waals surface area contributed by atoms with Crippen LogP contribution in [0.1, 0.15) is 26.4 Å². The van der Waals surface area contributed by atoms with Crippen LogP contribution >= 0.6 is 22.9 Å². The summed E-state index contributed by atoms with van der Waals surface area (Å²) < 4.78 is 19.2. The number of ether oxygens (including phenoxy) is 1. The van der Waals surface area contributed by atoms with Gasteiger partial charge in [0.2, 0.25) is 5.69 Å². The Balaban J connectivity index is 2.08. The number of thiophene rings is 1. The first-order valence-corrected chi connectivity index (χ1v) is 9.15. The van der Waals surface area contributed by atoms with E-state index in [9.17, 15) is 14.3 Å². The highest BCUT2D eigenvalue weighted by Gasteiger charge is 2.27. The summed E-state index contributed by atoms with van der Waals surface area (Å²) in [6, 6.07) is 2.82. The largest absolute Gasteiger partial charge is 0.477 e. The Kier molecular flexibility index (Phi) is 5.47. The maximum absolute atomic E-state index is 13.9. The molecule has 1 aliphatic heterocycles. The molecular weight excluding hydrogens is 379 g/mol. The smallest absolute Gasteiger partial charge is 0.344 e. The van der Waals surface area contributed by atoms with Gasteiger partial charge in [-0.1, -0.05) is 11.6 Å². The van der Waals surface area contributed by atoms with Crippen molar-refractivity contribution in [2.45, 2.75) is 13.3 Å². The highest BCUT2D eigenvalue weighted by atomic mass is 35.5. The van der Waals surface area contributed by atoms with Crippen LogP contribution in [-0.2, 0) is 11.2 Å². The standard InChI is InChI=1S/C18H16ClFN2O3S/c1-10-7-13(19)14(20)9-11(10)8-12-15(21-2)17(26-16(12)18(23)24)22-3-5-25-6-4-22/h7,9H,3-6,8H2,1H3,(H,23,24). The highest BCUT2D eigenvalue weighted by molar-refractivity contribution is 7.18. The molecule has 0 atom stereocenters. The van der Waals surface area contributed by atoms with Crippen LogP contribution in [0.4, 0.5) is 15.1 Å². The SMILES string of the molecule is [C-]#[N+]c1c(N2CCOCC2)sc(C(=O)O)c1Cc1cc(F)c(Cl)cc1C. The molecule has 0 aliphatic carbocycles. The average molecular weight is 395 g/mol. The number of hydrogen-bond acceptors (Lipinski definition) is 4. The number of rotatable bonds is 4. The Morgan fingerprint density at radius 3 is 2.77 bits per heavy atom. The zero-order valence-electron chi connectivity index (χ0n) is 14.0. The second-order valence-corrected chi connectivity index (χ2v) is 7.36. The van der Waals surface area contributed by atoms with E-state index < -0.39 is 11.8 Å².